The molecule has 1 saturated heterocycles. The number of anilines is 1. The molecule has 1 aliphatic rings. The van der Waals surface area contributed by atoms with Crippen LogP contribution in [0.5, 0.6) is 0 Å². The van der Waals surface area contributed by atoms with Gasteiger partial charge in [0, 0.05) is 24.3 Å². The lowest BCUT2D eigenvalue weighted by atomic mass is 9.75. The number of hydrogen-bond donors (Lipinski definition) is 0. The van der Waals surface area contributed by atoms with Crippen molar-refractivity contribution < 1.29 is 4.79 Å². The molecule has 1 aliphatic heterocycles. The second-order valence-corrected chi connectivity index (χ2v) is 6.79. The number of aryl methyl sites for hydroxylation is 1. The summed E-state index contributed by atoms with van der Waals surface area (Å²) in [6.07, 6.45) is 3.44. The molecule has 0 spiro atoms. The van der Waals surface area contributed by atoms with E-state index in [9.17, 15) is 4.79 Å². The van der Waals surface area contributed by atoms with E-state index < -0.39 is 0 Å². The number of rotatable bonds is 2. The van der Waals surface area contributed by atoms with Crippen molar-refractivity contribution in [1.29, 1.82) is 0 Å². The minimum absolute atomic E-state index is 0.419. The van der Waals surface area contributed by atoms with Gasteiger partial charge in [-0.15, -0.1) is 0 Å². The smallest absolute Gasteiger partial charge is 0.150 e. The molecule has 0 aromatic heterocycles. The maximum atomic E-state index is 10.8. The fraction of sp³-hybridized carbons (Fsp3) is 0.588. The molecule has 1 aromatic carbocycles. The first kappa shape index (κ1) is 14.1. The Labute approximate surface area is 116 Å². The molecule has 0 bridgehead atoms. The van der Waals surface area contributed by atoms with Gasteiger partial charge in [0.05, 0.1) is 0 Å². The number of nitrogens with zero attached hydrogens (tertiary/aromatic N) is 1. The van der Waals surface area contributed by atoms with Crippen LogP contribution in [0.2, 0.25) is 0 Å². The van der Waals surface area contributed by atoms with E-state index in [0.29, 0.717) is 5.41 Å². The average molecular weight is 259 g/mol. The SMILES string of the molecule is Cc1cc(C=O)ccc1N1CCC(C(C)(C)C)CC1. The summed E-state index contributed by atoms with van der Waals surface area (Å²) >= 11 is 0. The fourth-order valence-corrected chi connectivity index (χ4v) is 3.09. The van der Waals surface area contributed by atoms with Gasteiger partial charge in [-0.05, 0) is 54.9 Å². The molecule has 0 atom stereocenters. The van der Waals surface area contributed by atoms with Gasteiger partial charge in [-0.25, -0.2) is 0 Å². The molecule has 0 saturated carbocycles. The van der Waals surface area contributed by atoms with Crippen molar-refractivity contribution in [3.8, 4) is 0 Å². The predicted molar refractivity (Wildman–Crippen MR) is 81.0 cm³/mol. The monoisotopic (exact) mass is 259 g/mol. The van der Waals surface area contributed by atoms with Crippen LogP contribution in [0.25, 0.3) is 0 Å². The molecule has 2 nitrogen and oxygen atoms in total. The summed E-state index contributed by atoms with van der Waals surface area (Å²) in [5.41, 5.74) is 3.69. The fourth-order valence-electron chi connectivity index (χ4n) is 3.09. The third-order valence-electron chi connectivity index (χ3n) is 4.42. The van der Waals surface area contributed by atoms with E-state index in [4.69, 9.17) is 0 Å². The van der Waals surface area contributed by atoms with Gasteiger partial charge in [0.2, 0.25) is 0 Å². The highest BCUT2D eigenvalue weighted by molar-refractivity contribution is 5.77. The predicted octanol–water partition coefficient (Wildman–Crippen LogP) is 4.07. The third kappa shape index (κ3) is 3.17. The molecule has 0 radical (unpaired) electrons. The van der Waals surface area contributed by atoms with Gasteiger partial charge in [0.15, 0.2) is 0 Å². The van der Waals surface area contributed by atoms with Gasteiger partial charge in [0.25, 0.3) is 0 Å². The topological polar surface area (TPSA) is 20.3 Å². The van der Waals surface area contributed by atoms with Gasteiger partial charge < -0.3 is 4.90 Å². The van der Waals surface area contributed by atoms with E-state index in [1.165, 1.54) is 24.1 Å². The zero-order valence-electron chi connectivity index (χ0n) is 12.6. The van der Waals surface area contributed by atoms with Crippen molar-refractivity contribution in [2.24, 2.45) is 11.3 Å². The second kappa shape index (κ2) is 5.36. The Morgan fingerprint density at radius 2 is 1.84 bits per heavy atom. The molecular weight excluding hydrogens is 234 g/mol. The van der Waals surface area contributed by atoms with Gasteiger partial charge in [0.1, 0.15) is 6.29 Å². The van der Waals surface area contributed by atoms with E-state index in [2.05, 4.69) is 38.7 Å². The number of carbonyl (C=O) groups excluding carboxylic acids is 1. The van der Waals surface area contributed by atoms with Crippen LogP contribution in [0, 0.1) is 18.3 Å². The highest BCUT2D eigenvalue weighted by Crippen LogP contribution is 2.36. The highest BCUT2D eigenvalue weighted by Gasteiger charge is 2.29. The zero-order valence-corrected chi connectivity index (χ0v) is 12.6. The Bertz CT molecular complexity index is 451. The lowest BCUT2D eigenvalue weighted by Crippen LogP contribution is -2.38. The molecule has 1 fully saturated rings. The maximum absolute atomic E-state index is 10.8. The molecular formula is C17H25NO. The minimum Gasteiger partial charge on any atom is -0.371 e. The van der Waals surface area contributed by atoms with Crippen molar-refractivity contribution in [2.75, 3.05) is 18.0 Å². The van der Waals surface area contributed by atoms with Crippen molar-refractivity contribution in [2.45, 2.75) is 40.5 Å². The molecule has 2 rings (SSSR count). The second-order valence-electron chi connectivity index (χ2n) is 6.79. The third-order valence-corrected chi connectivity index (χ3v) is 4.42. The standard InChI is InChI=1S/C17H25NO/c1-13-11-14(12-19)5-6-16(13)18-9-7-15(8-10-18)17(2,3)4/h5-6,11-12,15H,7-10H2,1-4H3. The molecule has 0 unspecified atom stereocenters. The average Bonchev–Trinajstić information content (AvgIpc) is 2.37. The van der Waals surface area contributed by atoms with E-state index >= 15 is 0 Å². The molecule has 1 aromatic rings. The lowest BCUT2D eigenvalue weighted by molar-refractivity contribution is 0.112. The van der Waals surface area contributed by atoms with Crippen LogP contribution in [0.4, 0.5) is 5.69 Å². The molecule has 0 amide bonds. The maximum Gasteiger partial charge on any atom is 0.150 e. The summed E-state index contributed by atoms with van der Waals surface area (Å²) in [5.74, 6) is 0.818. The first-order valence-corrected chi connectivity index (χ1v) is 7.22. The minimum atomic E-state index is 0.419. The van der Waals surface area contributed by atoms with E-state index in [0.717, 1.165) is 30.9 Å². The van der Waals surface area contributed by atoms with E-state index in [1.54, 1.807) is 0 Å². The van der Waals surface area contributed by atoms with Gasteiger partial charge in [-0.1, -0.05) is 20.8 Å². The zero-order chi connectivity index (χ0) is 14.0. The normalized spacial score (nSPS) is 17.6. The van der Waals surface area contributed by atoms with Crippen molar-refractivity contribution in [1.82, 2.24) is 0 Å². The van der Waals surface area contributed by atoms with Crippen LogP contribution in [0.1, 0.15) is 49.5 Å². The van der Waals surface area contributed by atoms with E-state index in [1.807, 2.05) is 12.1 Å². The first-order valence-electron chi connectivity index (χ1n) is 7.22. The summed E-state index contributed by atoms with van der Waals surface area (Å²) in [6, 6.07) is 6.00. The van der Waals surface area contributed by atoms with Gasteiger partial charge in [-0.2, -0.15) is 0 Å². The summed E-state index contributed by atoms with van der Waals surface area (Å²) < 4.78 is 0. The molecule has 19 heavy (non-hydrogen) atoms. The largest absolute Gasteiger partial charge is 0.371 e. The Kier molecular flexibility index (Phi) is 3.98. The first-order chi connectivity index (χ1) is 8.91. The van der Waals surface area contributed by atoms with Crippen LogP contribution < -0.4 is 4.90 Å². The van der Waals surface area contributed by atoms with Crippen molar-refractivity contribution in [3.05, 3.63) is 29.3 Å². The number of benzene rings is 1. The number of hydrogen-bond acceptors (Lipinski definition) is 2. The summed E-state index contributed by atoms with van der Waals surface area (Å²) in [5, 5.41) is 0. The molecule has 0 N–H and O–H groups in total. The molecule has 2 heteroatoms. The van der Waals surface area contributed by atoms with Crippen molar-refractivity contribution >= 4 is 12.0 Å². The highest BCUT2D eigenvalue weighted by atomic mass is 16.1. The van der Waals surface area contributed by atoms with E-state index in [-0.39, 0.29) is 0 Å². The molecule has 1 heterocycles. The van der Waals surface area contributed by atoms with Crippen LogP contribution in [0.15, 0.2) is 18.2 Å². The molecule has 104 valence electrons. The quantitative estimate of drug-likeness (QED) is 0.746. The summed E-state index contributed by atoms with van der Waals surface area (Å²) in [4.78, 5) is 13.3. The van der Waals surface area contributed by atoms with Crippen LogP contribution in [-0.2, 0) is 0 Å². The summed E-state index contributed by atoms with van der Waals surface area (Å²) in [7, 11) is 0. The van der Waals surface area contributed by atoms with Gasteiger partial charge >= 0.3 is 0 Å². The van der Waals surface area contributed by atoms with Gasteiger partial charge in [-0.3, -0.25) is 4.79 Å². The Balaban J connectivity index is 2.08. The van der Waals surface area contributed by atoms with Crippen molar-refractivity contribution in [3.63, 3.8) is 0 Å². The Morgan fingerprint density at radius 1 is 1.21 bits per heavy atom. The molecule has 0 aliphatic carbocycles. The number of aldehydes is 1. The lowest BCUT2D eigenvalue weighted by Gasteiger charge is -2.40. The van der Waals surface area contributed by atoms with Crippen LogP contribution in [0.3, 0.4) is 0 Å². The number of carbonyl (C=O) groups is 1. The summed E-state index contributed by atoms with van der Waals surface area (Å²) in [6.45, 7) is 11.4. The van der Waals surface area contributed by atoms with Crippen LogP contribution in [-0.4, -0.2) is 19.4 Å². The Hall–Kier alpha value is -1.31. The van der Waals surface area contributed by atoms with Crippen LogP contribution >= 0.6 is 0 Å². The Morgan fingerprint density at radius 3 is 2.32 bits per heavy atom. The number of piperidine rings is 1.